The van der Waals surface area contributed by atoms with Gasteiger partial charge in [-0.1, -0.05) is 86.6 Å². The standard InChI is InChI=1S/C23H26N4O2S.C15H23N4OPS2.C9H9BrO/c1-16-5-4-6-17(15-16)20(28)21-22(24)26-23(30-21)25-18-7-9-19(10-8-18)29-14-13-27-11-2-3-12-27;16-14(23-11-21)18-15(22)17-12-3-5-13(6-4-12)20-10-9-19-7-1-2-8-19;1-7-3-2-4-8(5-7)9(11)6-10/h4-10,15H,2-3,11-14,24H2,1H3,(H,25,26);3-6H,1-2,7-11,21H2,(H3,16,17,18,22);2-5H,6H2,1H3. The van der Waals surface area contributed by atoms with Gasteiger partial charge in [0, 0.05) is 41.1 Å². The highest BCUT2D eigenvalue weighted by Crippen LogP contribution is 2.30. The fourth-order valence-electron chi connectivity index (χ4n) is 6.72. The molecule has 2 fully saturated rings. The van der Waals surface area contributed by atoms with Gasteiger partial charge < -0.3 is 31.6 Å². The average Bonchev–Trinajstić information content (AvgIpc) is 4.09. The third-order valence-corrected chi connectivity index (χ3v) is 12.7. The van der Waals surface area contributed by atoms with Crippen LogP contribution in [0.2, 0.25) is 0 Å². The molecule has 7 rings (SSSR count). The smallest absolute Gasteiger partial charge is 0.206 e. The van der Waals surface area contributed by atoms with Crippen molar-refractivity contribution in [1.82, 2.24) is 14.8 Å². The van der Waals surface area contributed by atoms with Crippen LogP contribution in [0.1, 0.15) is 62.4 Å². The topological polar surface area (TPSA) is 160 Å². The number of halogens is 1. The number of nitrogen functional groups attached to an aromatic ring is 1. The van der Waals surface area contributed by atoms with Crippen molar-refractivity contribution >= 4 is 105 Å². The monoisotopic (exact) mass is 1000 g/mol. The summed E-state index contributed by atoms with van der Waals surface area (Å²) in [5, 5.41) is 8.07. The second-order valence-electron chi connectivity index (χ2n) is 15.0. The molecule has 2 aliphatic rings. The van der Waals surface area contributed by atoms with Gasteiger partial charge in [0.1, 0.15) is 35.4 Å². The Bertz CT molecular complexity index is 2290. The molecule has 3 heterocycles. The summed E-state index contributed by atoms with van der Waals surface area (Å²) < 4.78 is 11.6. The lowest BCUT2D eigenvalue weighted by Gasteiger charge is -2.15. The maximum atomic E-state index is 12.8. The molecule has 0 bridgehead atoms. The van der Waals surface area contributed by atoms with Gasteiger partial charge in [-0.05, 0) is 139 Å². The number of thiazole rings is 1. The largest absolute Gasteiger partial charge is 0.492 e. The van der Waals surface area contributed by atoms with Gasteiger partial charge in [0.15, 0.2) is 21.2 Å². The normalized spacial score (nSPS) is 13.8. The lowest BCUT2D eigenvalue weighted by molar-refractivity contribution is 0.102. The molecule has 0 saturated carbocycles. The number of thiocarbonyl (C=S) groups is 1. The van der Waals surface area contributed by atoms with Crippen molar-refractivity contribution in [2.45, 2.75) is 39.5 Å². The Morgan fingerprint density at radius 2 is 1.34 bits per heavy atom. The maximum absolute atomic E-state index is 12.8. The van der Waals surface area contributed by atoms with Crippen molar-refractivity contribution in [2.75, 3.05) is 79.7 Å². The zero-order valence-electron chi connectivity index (χ0n) is 36.4. The van der Waals surface area contributed by atoms with Crippen LogP contribution in [0.4, 0.5) is 22.3 Å². The van der Waals surface area contributed by atoms with E-state index < -0.39 is 0 Å². The zero-order valence-corrected chi connectivity index (χ0v) is 41.6. The fourth-order valence-corrected chi connectivity index (χ4v) is 9.02. The summed E-state index contributed by atoms with van der Waals surface area (Å²) in [6, 6.07) is 30.5. The SMILES string of the molecule is Cc1cccc(C(=O)CBr)c1.Cc1cccc(C(=O)c2sc(Nc3ccc(OCCN4CCCC4)cc3)nc2N)c1.NC(=NC(=S)Nc1ccc(OCCN2CCCC2)cc1)SCP. The number of alkyl halides is 1. The number of aromatic nitrogens is 1. The van der Waals surface area contributed by atoms with Gasteiger partial charge in [-0.2, -0.15) is 4.99 Å². The first-order chi connectivity index (χ1) is 31.0. The molecular weight excluding hydrogens is 948 g/mol. The van der Waals surface area contributed by atoms with E-state index in [1.54, 1.807) is 6.07 Å². The van der Waals surface area contributed by atoms with E-state index in [9.17, 15) is 9.59 Å². The summed E-state index contributed by atoms with van der Waals surface area (Å²) in [4.78, 5) is 37.6. The lowest BCUT2D eigenvalue weighted by Crippen LogP contribution is -2.25. The van der Waals surface area contributed by atoms with E-state index in [0.717, 1.165) is 64.8 Å². The van der Waals surface area contributed by atoms with Gasteiger partial charge in [0.05, 0.1) is 5.33 Å². The van der Waals surface area contributed by atoms with Gasteiger partial charge in [0.25, 0.3) is 0 Å². The van der Waals surface area contributed by atoms with Gasteiger partial charge in [-0.3, -0.25) is 19.4 Å². The predicted octanol–water partition coefficient (Wildman–Crippen LogP) is 9.79. The van der Waals surface area contributed by atoms with E-state index in [4.69, 9.17) is 33.2 Å². The number of ketones is 2. The number of nitrogens with one attached hydrogen (secondary N) is 2. The molecule has 6 N–H and O–H groups in total. The van der Waals surface area contributed by atoms with Crippen molar-refractivity contribution in [3.05, 3.63) is 124 Å². The quantitative estimate of drug-likeness (QED) is 0.0185. The van der Waals surface area contributed by atoms with Crippen LogP contribution in [0.5, 0.6) is 11.5 Å². The lowest BCUT2D eigenvalue weighted by atomic mass is 10.1. The van der Waals surface area contributed by atoms with Gasteiger partial charge in [-0.15, -0.1) is 9.24 Å². The second kappa shape index (κ2) is 27.2. The minimum atomic E-state index is -0.108. The first-order valence-electron chi connectivity index (χ1n) is 21.2. The van der Waals surface area contributed by atoms with Crippen molar-refractivity contribution in [2.24, 2.45) is 10.7 Å². The molecule has 1 atom stereocenters. The summed E-state index contributed by atoms with van der Waals surface area (Å²) in [5.41, 5.74) is 17.8. The number of aryl methyl sites for hydroxylation is 2. The Balaban J connectivity index is 0.000000200. The number of thioether (sulfide) groups is 1. The van der Waals surface area contributed by atoms with E-state index in [-0.39, 0.29) is 17.4 Å². The van der Waals surface area contributed by atoms with Crippen LogP contribution in [-0.4, -0.2) is 99.9 Å². The number of carbonyl (C=O) groups is 2. The number of benzene rings is 4. The number of hydrogen-bond acceptors (Lipinski definition) is 12. The van der Waals surface area contributed by atoms with E-state index >= 15 is 0 Å². The number of aliphatic imine (C=N–C) groups is 1. The molecule has 0 spiro atoms. The number of Topliss-reactive ketones (excluding diaryl/α,β-unsaturated/α-hetero) is 1. The molecule has 2 aliphatic heterocycles. The Hall–Kier alpha value is -4.41. The molecule has 2 saturated heterocycles. The third kappa shape index (κ3) is 17.5. The van der Waals surface area contributed by atoms with Gasteiger partial charge in [0.2, 0.25) is 5.78 Å². The second-order valence-corrected chi connectivity index (χ2v) is 19.0. The minimum Gasteiger partial charge on any atom is -0.492 e. The van der Waals surface area contributed by atoms with E-state index in [0.29, 0.717) is 37.8 Å². The molecule has 0 amide bonds. The number of rotatable bonds is 16. The van der Waals surface area contributed by atoms with E-state index in [2.05, 4.69) is 55.6 Å². The van der Waals surface area contributed by atoms with Crippen LogP contribution in [0, 0.1) is 13.8 Å². The minimum absolute atomic E-state index is 0.108. The highest BCUT2D eigenvalue weighted by molar-refractivity contribution is 9.09. The molecule has 340 valence electrons. The van der Waals surface area contributed by atoms with Crippen molar-refractivity contribution < 1.29 is 19.1 Å². The van der Waals surface area contributed by atoms with Crippen molar-refractivity contribution in [3.63, 3.8) is 0 Å². The van der Waals surface area contributed by atoms with E-state index in [1.807, 2.05) is 105 Å². The fraction of sp³-hybridized carbons (Fsp3) is 0.340. The van der Waals surface area contributed by atoms with E-state index in [1.165, 1.54) is 75.0 Å². The molecule has 64 heavy (non-hydrogen) atoms. The van der Waals surface area contributed by atoms with Gasteiger partial charge >= 0.3 is 0 Å². The Morgan fingerprint density at radius 3 is 1.86 bits per heavy atom. The van der Waals surface area contributed by atoms with Crippen LogP contribution in [0.3, 0.4) is 0 Å². The number of nitrogens with zero attached hydrogens (tertiary/aromatic N) is 4. The van der Waals surface area contributed by atoms with Crippen LogP contribution >= 0.6 is 60.5 Å². The Labute approximate surface area is 401 Å². The molecule has 12 nitrogen and oxygen atoms in total. The number of nitrogens with two attached hydrogens (primary N) is 2. The van der Waals surface area contributed by atoms with Gasteiger partial charge in [-0.25, -0.2) is 4.98 Å². The molecule has 1 aromatic heterocycles. The Morgan fingerprint density at radius 1 is 0.828 bits per heavy atom. The first kappa shape index (κ1) is 50.6. The molecular formula is C47H58BrN8O4PS3. The summed E-state index contributed by atoms with van der Waals surface area (Å²) in [5.74, 6) is 1.98. The number of likely N-dealkylation sites (tertiary alicyclic amines) is 2. The molecule has 0 aliphatic carbocycles. The molecule has 17 heteroatoms. The molecule has 4 aromatic carbocycles. The molecule has 1 unspecified atom stereocenters. The predicted molar refractivity (Wildman–Crippen MR) is 279 cm³/mol. The maximum Gasteiger partial charge on any atom is 0.206 e. The summed E-state index contributed by atoms with van der Waals surface area (Å²) >= 11 is 11.0. The highest BCUT2D eigenvalue weighted by Gasteiger charge is 2.19. The summed E-state index contributed by atoms with van der Waals surface area (Å²) in [7, 11) is 2.58. The van der Waals surface area contributed by atoms with Crippen LogP contribution in [-0.2, 0) is 0 Å². The zero-order chi connectivity index (χ0) is 45.7. The Kier molecular flexibility index (Phi) is 21.5. The average molecular weight is 1010 g/mol. The summed E-state index contributed by atoms with van der Waals surface area (Å²) in [6.45, 7) is 12.1. The van der Waals surface area contributed by atoms with Crippen LogP contribution in [0.15, 0.2) is 102 Å². The number of hydrogen-bond donors (Lipinski definition) is 4. The number of amidine groups is 1. The number of carbonyl (C=O) groups excluding carboxylic acids is 2. The number of anilines is 4. The van der Waals surface area contributed by atoms with Crippen molar-refractivity contribution in [3.8, 4) is 11.5 Å². The summed E-state index contributed by atoms with van der Waals surface area (Å²) in [6.07, 6.45) is 5.20. The highest BCUT2D eigenvalue weighted by atomic mass is 79.9. The molecule has 0 radical (unpaired) electrons. The third-order valence-electron chi connectivity index (χ3n) is 10.0. The molecule has 5 aromatic rings. The number of ether oxygens (including phenoxy) is 2. The van der Waals surface area contributed by atoms with Crippen LogP contribution in [0.25, 0.3) is 0 Å². The first-order valence-corrected chi connectivity index (χ1v) is 25.3. The van der Waals surface area contributed by atoms with Crippen molar-refractivity contribution in [1.29, 1.82) is 0 Å². The van der Waals surface area contributed by atoms with Crippen LogP contribution < -0.4 is 31.6 Å².